The maximum atomic E-state index is 13.2. The van der Waals surface area contributed by atoms with Crippen LogP contribution in [0, 0.1) is 0 Å². The van der Waals surface area contributed by atoms with Crippen LogP contribution in [-0.4, -0.2) is 23.5 Å². The van der Waals surface area contributed by atoms with Crippen LogP contribution in [0.2, 0.25) is 5.15 Å². The summed E-state index contributed by atoms with van der Waals surface area (Å²) in [6.45, 7) is 0. The Labute approximate surface area is 110 Å². The lowest BCUT2D eigenvalue weighted by molar-refractivity contribution is -0.140. The van der Waals surface area contributed by atoms with Gasteiger partial charge in [0.25, 0.3) is 0 Å². The number of alkyl halides is 4. The van der Waals surface area contributed by atoms with E-state index in [1.165, 1.54) is 25.3 Å². The highest BCUT2D eigenvalue weighted by Crippen LogP contribution is 2.34. The lowest BCUT2D eigenvalue weighted by atomic mass is 10.2. The number of hydrogen-bond acceptors (Lipinski definition) is 3. The second kappa shape index (κ2) is 4.80. The molecule has 1 aromatic heterocycles. The number of aromatic nitrogens is 2. The minimum absolute atomic E-state index is 0.00896. The first kappa shape index (κ1) is 13.8. The Hall–Kier alpha value is -1.63. The molecule has 0 unspecified atom stereocenters. The van der Waals surface area contributed by atoms with Gasteiger partial charge in [-0.2, -0.15) is 8.78 Å². The molecule has 8 heteroatoms. The van der Waals surface area contributed by atoms with Crippen LogP contribution in [0.3, 0.4) is 0 Å². The largest absolute Gasteiger partial charge is 0.497 e. The zero-order valence-corrected chi connectivity index (χ0v) is 10.3. The minimum atomic E-state index is -4.46. The van der Waals surface area contributed by atoms with Gasteiger partial charge in [0.1, 0.15) is 10.9 Å². The summed E-state index contributed by atoms with van der Waals surface area (Å²) in [4.78, 5) is 6.67. The molecule has 0 radical (unpaired) electrons. The van der Waals surface area contributed by atoms with E-state index in [0.29, 0.717) is 5.75 Å². The third-order valence-corrected chi connectivity index (χ3v) is 2.72. The number of benzene rings is 1. The first-order valence-corrected chi connectivity index (χ1v) is 5.41. The molecule has 0 aliphatic heterocycles. The van der Waals surface area contributed by atoms with E-state index >= 15 is 0 Å². The van der Waals surface area contributed by atoms with Crippen LogP contribution >= 0.6 is 11.6 Å². The zero-order chi connectivity index (χ0) is 14.2. The molecular weight excluding hydrogens is 288 g/mol. The summed E-state index contributed by atoms with van der Waals surface area (Å²) < 4.78 is 55.9. The molecule has 0 fully saturated rings. The highest BCUT2D eigenvalue weighted by molar-refractivity contribution is 6.34. The highest BCUT2D eigenvalue weighted by atomic mass is 35.5. The van der Waals surface area contributed by atoms with E-state index in [1.54, 1.807) is 0 Å². The van der Waals surface area contributed by atoms with Crippen LogP contribution in [0.25, 0.3) is 10.9 Å². The van der Waals surface area contributed by atoms with Gasteiger partial charge in [-0.25, -0.2) is 18.7 Å². The van der Waals surface area contributed by atoms with Gasteiger partial charge in [-0.1, -0.05) is 11.6 Å². The van der Waals surface area contributed by atoms with Crippen molar-refractivity contribution in [3.05, 3.63) is 29.2 Å². The fraction of sp³-hybridized carbons (Fsp3) is 0.273. The van der Waals surface area contributed by atoms with Crippen LogP contribution in [0.4, 0.5) is 17.6 Å². The van der Waals surface area contributed by atoms with Gasteiger partial charge in [0.2, 0.25) is 5.82 Å². The molecule has 2 aromatic rings. The summed E-state index contributed by atoms with van der Waals surface area (Å²) >= 11 is 5.70. The number of halogens is 5. The summed E-state index contributed by atoms with van der Waals surface area (Å²) in [6, 6.07) is 4.30. The number of ether oxygens (including phenoxy) is 1. The Morgan fingerprint density at radius 1 is 1.26 bits per heavy atom. The lowest BCUT2D eigenvalue weighted by Gasteiger charge is -2.14. The van der Waals surface area contributed by atoms with E-state index in [1.807, 2.05) is 0 Å². The molecule has 0 amide bonds. The first-order chi connectivity index (χ1) is 8.86. The summed E-state index contributed by atoms with van der Waals surface area (Å²) in [5, 5.41) is -0.0424. The van der Waals surface area contributed by atoms with Gasteiger partial charge < -0.3 is 4.74 Å². The molecule has 0 aliphatic carbocycles. The average Bonchev–Trinajstić information content (AvgIpc) is 2.37. The SMILES string of the molecule is COc1ccc2c(Cl)nc(C(F)(F)C(F)F)nc2c1. The number of fused-ring (bicyclic) bond motifs is 1. The second-order valence-electron chi connectivity index (χ2n) is 3.64. The summed E-state index contributed by atoms with van der Waals surface area (Å²) in [7, 11) is 1.37. The van der Waals surface area contributed by atoms with Crippen LogP contribution in [0.15, 0.2) is 18.2 Å². The fourth-order valence-electron chi connectivity index (χ4n) is 1.44. The number of nitrogens with zero attached hydrogens (tertiary/aromatic N) is 2. The fourth-order valence-corrected chi connectivity index (χ4v) is 1.68. The average molecular weight is 295 g/mol. The van der Waals surface area contributed by atoms with E-state index in [-0.39, 0.29) is 16.1 Å². The molecule has 0 N–H and O–H groups in total. The molecule has 2 rings (SSSR count). The van der Waals surface area contributed by atoms with Gasteiger partial charge in [0, 0.05) is 11.5 Å². The maximum Gasteiger partial charge on any atom is 0.365 e. The van der Waals surface area contributed by atoms with Crippen molar-refractivity contribution < 1.29 is 22.3 Å². The third-order valence-electron chi connectivity index (χ3n) is 2.43. The lowest BCUT2D eigenvalue weighted by Crippen LogP contribution is -2.26. The van der Waals surface area contributed by atoms with E-state index < -0.39 is 18.2 Å². The Morgan fingerprint density at radius 2 is 1.95 bits per heavy atom. The van der Waals surface area contributed by atoms with Gasteiger partial charge in [0.05, 0.1) is 12.6 Å². The molecule has 0 bridgehead atoms. The number of methoxy groups -OCH3 is 1. The molecule has 0 saturated carbocycles. The molecule has 102 valence electrons. The molecule has 0 aliphatic rings. The van der Waals surface area contributed by atoms with Gasteiger partial charge >= 0.3 is 12.3 Å². The van der Waals surface area contributed by atoms with Crippen LogP contribution in [0.5, 0.6) is 5.75 Å². The van der Waals surface area contributed by atoms with Crippen molar-refractivity contribution in [3.8, 4) is 5.75 Å². The highest BCUT2D eigenvalue weighted by Gasteiger charge is 2.46. The Morgan fingerprint density at radius 3 is 2.53 bits per heavy atom. The molecule has 0 spiro atoms. The summed E-state index contributed by atoms with van der Waals surface area (Å²) in [5.41, 5.74) is 0.00896. The van der Waals surface area contributed by atoms with Crippen LogP contribution in [0.1, 0.15) is 5.82 Å². The second-order valence-corrected chi connectivity index (χ2v) is 4.00. The van der Waals surface area contributed by atoms with Gasteiger partial charge in [-0.3, -0.25) is 0 Å². The smallest absolute Gasteiger partial charge is 0.365 e. The zero-order valence-electron chi connectivity index (χ0n) is 9.50. The van der Waals surface area contributed by atoms with E-state index in [2.05, 4.69) is 9.97 Å². The van der Waals surface area contributed by atoms with Crippen molar-refractivity contribution in [1.29, 1.82) is 0 Å². The van der Waals surface area contributed by atoms with Crippen molar-refractivity contribution in [3.63, 3.8) is 0 Å². The van der Waals surface area contributed by atoms with Gasteiger partial charge in [0.15, 0.2) is 0 Å². The summed E-state index contributed by atoms with van der Waals surface area (Å²) in [5.74, 6) is -5.43. The van der Waals surface area contributed by atoms with Crippen molar-refractivity contribution in [2.75, 3.05) is 7.11 Å². The molecular formula is C11H7ClF4N2O. The van der Waals surface area contributed by atoms with E-state index in [9.17, 15) is 17.6 Å². The Bertz CT molecular complexity index is 621. The molecule has 3 nitrogen and oxygen atoms in total. The van der Waals surface area contributed by atoms with Crippen molar-refractivity contribution >= 4 is 22.5 Å². The van der Waals surface area contributed by atoms with E-state index in [4.69, 9.17) is 16.3 Å². The third kappa shape index (κ3) is 2.42. The number of hydrogen-bond donors (Lipinski definition) is 0. The topological polar surface area (TPSA) is 35.0 Å². The monoisotopic (exact) mass is 294 g/mol. The van der Waals surface area contributed by atoms with Crippen molar-refractivity contribution in [2.24, 2.45) is 0 Å². The standard InChI is InChI=1S/C11H7ClF4N2O/c1-19-5-2-3-6-7(4-5)17-10(18-8(6)12)11(15,16)9(13)14/h2-4,9H,1H3. The van der Waals surface area contributed by atoms with Crippen molar-refractivity contribution in [2.45, 2.75) is 12.3 Å². The van der Waals surface area contributed by atoms with Crippen LogP contribution < -0.4 is 4.74 Å². The predicted octanol–water partition coefficient (Wildman–Crippen LogP) is 3.65. The molecule has 19 heavy (non-hydrogen) atoms. The summed E-state index contributed by atoms with van der Waals surface area (Å²) in [6.07, 6.45) is -3.91. The van der Waals surface area contributed by atoms with Gasteiger partial charge in [-0.05, 0) is 12.1 Å². The molecule has 0 atom stereocenters. The van der Waals surface area contributed by atoms with Crippen LogP contribution in [-0.2, 0) is 5.92 Å². The molecule has 0 saturated heterocycles. The number of rotatable bonds is 3. The van der Waals surface area contributed by atoms with Gasteiger partial charge in [-0.15, -0.1) is 0 Å². The minimum Gasteiger partial charge on any atom is -0.497 e. The Kier molecular flexibility index (Phi) is 3.49. The van der Waals surface area contributed by atoms with Crippen molar-refractivity contribution in [1.82, 2.24) is 9.97 Å². The maximum absolute atomic E-state index is 13.2. The Balaban J connectivity index is 2.66. The molecule has 1 aromatic carbocycles. The van der Waals surface area contributed by atoms with E-state index in [0.717, 1.165) is 0 Å². The quantitative estimate of drug-likeness (QED) is 0.640. The normalized spacial score (nSPS) is 12.2. The first-order valence-electron chi connectivity index (χ1n) is 5.04. The molecule has 1 heterocycles. The predicted molar refractivity (Wildman–Crippen MR) is 61.0 cm³/mol.